The Labute approximate surface area is 166 Å². The van der Waals surface area contributed by atoms with Crippen LogP contribution in [0.4, 0.5) is 4.79 Å². The lowest BCUT2D eigenvalue weighted by Crippen LogP contribution is -2.52. The van der Waals surface area contributed by atoms with Gasteiger partial charge in [-0.2, -0.15) is 0 Å². The maximum absolute atomic E-state index is 12.5. The standard InChI is InChI=1S/C20H30N4O4/c1-3-4-8-21-20(27)22-18(25)15-23-9-11-24(12-10-23)19(26)14-16-6-5-7-17(13-16)28-2/h5-7,13H,3-4,8-12,14-15H2,1-2H3,(H2,21,22,25,27). The fourth-order valence-corrected chi connectivity index (χ4v) is 3.02. The molecule has 0 saturated carbocycles. The van der Waals surface area contributed by atoms with Gasteiger partial charge in [0.05, 0.1) is 20.1 Å². The van der Waals surface area contributed by atoms with Gasteiger partial charge in [0, 0.05) is 32.7 Å². The highest BCUT2D eigenvalue weighted by Crippen LogP contribution is 2.14. The van der Waals surface area contributed by atoms with Crippen molar-refractivity contribution in [1.82, 2.24) is 20.4 Å². The summed E-state index contributed by atoms with van der Waals surface area (Å²) in [5.41, 5.74) is 0.917. The molecule has 0 spiro atoms. The zero-order valence-electron chi connectivity index (χ0n) is 16.7. The highest BCUT2D eigenvalue weighted by Gasteiger charge is 2.23. The predicted octanol–water partition coefficient (Wildman–Crippen LogP) is 1.01. The van der Waals surface area contributed by atoms with Gasteiger partial charge < -0.3 is 15.0 Å². The average molecular weight is 390 g/mol. The van der Waals surface area contributed by atoms with E-state index in [-0.39, 0.29) is 18.4 Å². The van der Waals surface area contributed by atoms with Gasteiger partial charge in [-0.05, 0) is 24.1 Å². The van der Waals surface area contributed by atoms with Crippen molar-refractivity contribution >= 4 is 17.8 Å². The Kier molecular flexibility index (Phi) is 8.74. The van der Waals surface area contributed by atoms with Crippen LogP contribution in [0.2, 0.25) is 0 Å². The monoisotopic (exact) mass is 390 g/mol. The predicted molar refractivity (Wildman–Crippen MR) is 106 cm³/mol. The van der Waals surface area contributed by atoms with Crippen LogP contribution in [0, 0.1) is 0 Å². The lowest BCUT2D eigenvalue weighted by Gasteiger charge is -2.34. The lowest BCUT2D eigenvalue weighted by molar-refractivity contribution is -0.132. The van der Waals surface area contributed by atoms with Crippen LogP contribution in [0.1, 0.15) is 25.3 Å². The Hall–Kier alpha value is -2.61. The van der Waals surface area contributed by atoms with Crippen LogP contribution in [0.25, 0.3) is 0 Å². The van der Waals surface area contributed by atoms with Gasteiger partial charge in [0.15, 0.2) is 0 Å². The molecule has 2 rings (SSSR count). The fourth-order valence-electron chi connectivity index (χ4n) is 3.02. The van der Waals surface area contributed by atoms with Crippen molar-refractivity contribution in [2.75, 3.05) is 46.4 Å². The molecular formula is C20H30N4O4. The van der Waals surface area contributed by atoms with Gasteiger partial charge in [0.1, 0.15) is 5.75 Å². The molecule has 1 aliphatic rings. The van der Waals surface area contributed by atoms with Crippen molar-refractivity contribution in [2.24, 2.45) is 0 Å². The number of urea groups is 1. The number of rotatable bonds is 8. The fraction of sp³-hybridized carbons (Fsp3) is 0.550. The number of nitrogens with zero attached hydrogens (tertiary/aromatic N) is 2. The van der Waals surface area contributed by atoms with E-state index in [0.717, 1.165) is 24.2 Å². The number of hydrogen-bond donors (Lipinski definition) is 2. The number of carbonyl (C=O) groups is 3. The summed E-state index contributed by atoms with van der Waals surface area (Å²) < 4.78 is 5.19. The molecule has 154 valence electrons. The van der Waals surface area contributed by atoms with Crippen LogP contribution in [0.15, 0.2) is 24.3 Å². The Morgan fingerprint density at radius 3 is 2.57 bits per heavy atom. The summed E-state index contributed by atoms with van der Waals surface area (Å²) in [7, 11) is 1.60. The zero-order valence-corrected chi connectivity index (χ0v) is 16.7. The molecule has 0 radical (unpaired) electrons. The molecule has 1 aromatic rings. The molecule has 8 nitrogen and oxygen atoms in total. The molecule has 1 aliphatic heterocycles. The van der Waals surface area contributed by atoms with Gasteiger partial charge in [-0.1, -0.05) is 25.5 Å². The third-order valence-corrected chi connectivity index (χ3v) is 4.65. The van der Waals surface area contributed by atoms with Gasteiger partial charge >= 0.3 is 6.03 Å². The number of imide groups is 1. The van der Waals surface area contributed by atoms with Crippen LogP contribution >= 0.6 is 0 Å². The summed E-state index contributed by atoms with van der Waals surface area (Å²) in [4.78, 5) is 39.8. The maximum Gasteiger partial charge on any atom is 0.321 e. The molecule has 8 heteroatoms. The minimum Gasteiger partial charge on any atom is -0.497 e. The van der Waals surface area contributed by atoms with Gasteiger partial charge in [-0.25, -0.2) is 4.79 Å². The summed E-state index contributed by atoms with van der Waals surface area (Å²) >= 11 is 0. The zero-order chi connectivity index (χ0) is 20.4. The summed E-state index contributed by atoms with van der Waals surface area (Å²) in [6.07, 6.45) is 2.19. The van der Waals surface area contributed by atoms with E-state index in [4.69, 9.17) is 4.74 Å². The van der Waals surface area contributed by atoms with Gasteiger partial charge in [0.25, 0.3) is 0 Å². The normalized spacial score (nSPS) is 14.4. The quantitative estimate of drug-likeness (QED) is 0.647. The second-order valence-corrected chi connectivity index (χ2v) is 6.84. The van der Waals surface area contributed by atoms with Crippen molar-refractivity contribution in [2.45, 2.75) is 26.2 Å². The topological polar surface area (TPSA) is 91.0 Å². The molecule has 1 aromatic carbocycles. The number of nitrogens with one attached hydrogen (secondary N) is 2. The summed E-state index contributed by atoms with van der Waals surface area (Å²) in [6, 6.07) is 7.04. The van der Waals surface area contributed by atoms with Gasteiger partial charge in [0.2, 0.25) is 11.8 Å². The van der Waals surface area contributed by atoms with Crippen LogP contribution in [-0.2, 0) is 16.0 Å². The largest absolute Gasteiger partial charge is 0.497 e. The number of benzene rings is 1. The van der Waals surface area contributed by atoms with Gasteiger partial charge in [-0.3, -0.25) is 19.8 Å². The minimum atomic E-state index is -0.453. The van der Waals surface area contributed by atoms with Crippen molar-refractivity contribution < 1.29 is 19.1 Å². The first-order valence-electron chi connectivity index (χ1n) is 9.72. The first-order chi connectivity index (χ1) is 13.5. The number of piperazine rings is 1. The van der Waals surface area contributed by atoms with Crippen LogP contribution in [0.5, 0.6) is 5.75 Å². The molecule has 2 N–H and O–H groups in total. The third-order valence-electron chi connectivity index (χ3n) is 4.65. The van der Waals surface area contributed by atoms with Crippen LogP contribution in [0.3, 0.4) is 0 Å². The molecule has 28 heavy (non-hydrogen) atoms. The molecule has 1 fully saturated rings. The van der Waals surface area contributed by atoms with Gasteiger partial charge in [-0.15, -0.1) is 0 Å². The van der Waals surface area contributed by atoms with Crippen LogP contribution < -0.4 is 15.4 Å². The Morgan fingerprint density at radius 1 is 1.14 bits per heavy atom. The van der Waals surface area contributed by atoms with E-state index in [1.807, 2.05) is 41.0 Å². The van der Waals surface area contributed by atoms with Crippen molar-refractivity contribution in [1.29, 1.82) is 0 Å². The van der Waals surface area contributed by atoms with E-state index >= 15 is 0 Å². The molecular weight excluding hydrogens is 360 g/mol. The number of methoxy groups -OCH3 is 1. The molecule has 4 amide bonds. The smallest absolute Gasteiger partial charge is 0.321 e. The van der Waals surface area contributed by atoms with E-state index in [1.54, 1.807) is 7.11 Å². The first-order valence-corrected chi connectivity index (χ1v) is 9.72. The van der Waals surface area contributed by atoms with Crippen molar-refractivity contribution in [3.63, 3.8) is 0 Å². The number of ether oxygens (including phenoxy) is 1. The summed E-state index contributed by atoms with van der Waals surface area (Å²) in [6.45, 7) is 5.09. The number of unbranched alkanes of at least 4 members (excludes halogenated alkanes) is 1. The molecule has 0 atom stereocenters. The molecule has 0 aromatic heterocycles. The summed E-state index contributed by atoms with van der Waals surface area (Å²) in [5, 5.41) is 4.99. The van der Waals surface area contributed by atoms with E-state index in [1.165, 1.54) is 0 Å². The number of amides is 4. The molecule has 1 heterocycles. The van der Waals surface area contributed by atoms with E-state index in [9.17, 15) is 14.4 Å². The highest BCUT2D eigenvalue weighted by molar-refractivity contribution is 5.95. The Morgan fingerprint density at radius 2 is 1.89 bits per heavy atom. The molecule has 0 bridgehead atoms. The summed E-state index contributed by atoms with van der Waals surface area (Å²) in [5.74, 6) is 0.470. The highest BCUT2D eigenvalue weighted by atomic mass is 16.5. The average Bonchev–Trinajstić information content (AvgIpc) is 2.68. The van der Waals surface area contributed by atoms with E-state index in [0.29, 0.717) is 39.1 Å². The van der Waals surface area contributed by atoms with E-state index < -0.39 is 6.03 Å². The lowest BCUT2D eigenvalue weighted by atomic mass is 10.1. The van der Waals surface area contributed by atoms with Crippen molar-refractivity contribution in [3.05, 3.63) is 29.8 Å². The minimum absolute atomic E-state index is 0.0626. The van der Waals surface area contributed by atoms with Crippen molar-refractivity contribution in [3.8, 4) is 5.75 Å². The Balaban J connectivity index is 1.70. The SMILES string of the molecule is CCCCNC(=O)NC(=O)CN1CCN(C(=O)Cc2cccc(OC)c2)CC1. The first kappa shape index (κ1) is 21.7. The maximum atomic E-state index is 12.5. The number of carbonyl (C=O) groups excluding carboxylic acids is 3. The molecule has 0 unspecified atom stereocenters. The third kappa shape index (κ3) is 7.19. The van der Waals surface area contributed by atoms with E-state index in [2.05, 4.69) is 10.6 Å². The second kappa shape index (κ2) is 11.3. The molecule has 0 aliphatic carbocycles. The molecule has 1 saturated heterocycles. The number of hydrogen-bond acceptors (Lipinski definition) is 5. The van der Waals surface area contributed by atoms with Crippen LogP contribution in [-0.4, -0.2) is 74.0 Å². The second-order valence-electron chi connectivity index (χ2n) is 6.84. The Bertz CT molecular complexity index is 672.